The number of nitrogens with zero attached hydrogens (tertiary/aromatic N) is 2. The Morgan fingerprint density at radius 3 is 2.65 bits per heavy atom. The summed E-state index contributed by atoms with van der Waals surface area (Å²) in [6.45, 7) is 0. The van der Waals surface area contributed by atoms with Gasteiger partial charge in [-0.05, 0) is 38.6 Å². The average Bonchev–Trinajstić information content (AvgIpc) is 2.27. The number of methoxy groups -OCH3 is 1. The molecule has 9 heteroatoms. The van der Waals surface area contributed by atoms with E-state index in [9.17, 15) is 23.7 Å². The van der Waals surface area contributed by atoms with E-state index in [1.165, 1.54) is 0 Å². The van der Waals surface area contributed by atoms with Crippen LogP contribution in [0.3, 0.4) is 0 Å². The fraction of sp³-hybridized carbons (Fsp3) is 0.250. The van der Waals surface area contributed by atoms with E-state index in [2.05, 4.69) is 9.72 Å². The van der Waals surface area contributed by atoms with Crippen LogP contribution in [0.4, 0.5) is 14.6 Å². The monoisotopic (exact) mass is 358 g/mol. The number of nitro groups is 1. The van der Waals surface area contributed by atoms with Crippen LogP contribution in [0.15, 0.2) is 6.07 Å². The molecule has 0 radical (unpaired) electrons. The maximum Gasteiger partial charge on any atom is 0.383 e. The van der Waals surface area contributed by atoms with Gasteiger partial charge in [0.15, 0.2) is 0 Å². The van der Waals surface area contributed by atoms with Crippen molar-refractivity contribution in [3.63, 3.8) is 0 Å². The summed E-state index contributed by atoms with van der Waals surface area (Å²) < 4.78 is 29.4. The van der Waals surface area contributed by atoms with Gasteiger partial charge in [-0.1, -0.05) is 0 Å². The highest BCUT2D eigenvalue weighted by Gasteiger charge is 2.29. The van der Waals surface area contributed by atoms with Crippen LogP contribution < -0.4 is 0 Å². The van der Waals surface area contributed by atoms with E-state index in [-0.39, 0.29) is 9.26 Å². The third kappa shape index (κ3) is 2.84. The standard InChI is InChI=1S/C8H5F2IN2O4/c1-17-8(14)5-4(11)2-3(6(9)10)7(12-5)13(15)16/h2,6H,1H3. The smallest absolute Gasteiger partial charge is 0.383 e. The molecule has 0 saturated carbocycles. The van der Waals surface area contributed by atoms with Crippen molar-refractivity contribution in [1.82, 2.24) is 4.98 Å². The van der Waals surface area contributed by atoms with Crippen molar-refractivity contribution in [1.29, 1.82) is 0 Å². The first-order valence-corrected chi connectivity index (χ1v) is 5.17. The molecule has 17 heavy (non-hydrogen) atoms. The third-order valence-corrected chi connectivity index (χ3v) is 2.59. The Balaban J connectivity index is 3.45. The zero-order valence-corrected chi connectivity index (χ0v) is 10.5. The lowest BCUT2D eigenvalue weighted by molar-refractivity contribution is -0.391. The van der Waals surface area contributed by atoms with Gasteiger partial charge in [-0.15, -0.1) is 0 Å². The van der Waals surface area contributed by atoms with Crippen molar-refractivity contribution < 1.29 is 23.2 Å². The first-order valence-electron chi connectivity index (χ1n) is 4.09. The molecule has 0 amide bonds. The summed E-state index contributed by atoms with van der Waals surface area (Å²) in [5.41, 5.74) is -1.18. The Hall–Kier alpha value is -1.39. The van der Waals surface area contributed by atoms with E-state index in [0.29, 0.717) is 0 Å². The Labute approximate surface area is 107 Å². The van der Waals surface area contributed by atoms with Gasteiger partial charge in [0.2, 0.25) is 0 Å². The fourth-order valence-electron chi connectivity index (χ4n) is 1.04. The summed E-state index contributed by atoms with van der Waals surface area (Å²) in [7, 11) is 1.06. The molecule has 0 fully saturated rings. The molecular weight excluding hydrogens is 353 g/mol. The molecule has 1 aromatic heterocycles. The van der Waals surface area contributed by atoms with Gasteiger partial charge in [0.1, 0.15) is 5.56 Å². The Morgan fingerprint density at radius 1 is 1.65 bits per heavy atom. The van der Waals surface area contributed by atoms with Crippen LogP contribution in [0.1, 0.15) is 22.5 Å². The zero-order valence-electron chi connectivity index (χ0n) is 8.32. The molecule has 92 valence electrons. The van der Waals surface area contributed by atoms with Crippen molar-refractivity contribution >= 4 is 34.4 Å². The van der Waals surface area contributed by atoms with Crippen molar-refractivity contribution in [3.05, 3.63) is 31.0 Å². The number of esters is 1. The van der Waals surface area contributed by atoms with Gasteiger partial charge in [0, 0.05) is 0 Å². The van der Waals surface area contributed by atoms with E-state index in [4.69, 9.17) is 0 Å². The molecule has 0 N–H and O–H groups in total. The predicted octanol–water partition coefficient (Wildman–Crippen LogP) is 2.32. The van der Waals surface area contributed by atoms with Gasteiger partial charge in [-0.3, -0.25) is 0 Å². The summed E-state index contributed by atoms with van der Waals surface area (Å²) in [4.78, 5) is 24.0. The van der Waals surface area contributed by atoms with Crippen molar-refractivity contribution in [2.75, 3.05) is 7.11 Å². The number of hydrogen-bond acceptors (Lipinski definition) is 5. The number of carbonyl (C=O) groups is 1. The predicted molar refractivity (Wildman–Crippen MR) is 59.9 cm³/mol. The summed E-state index contributed by atoms with van der Waals surface area (Å²) in [5, 5.41) is 10.6. The number of pyridine rings is 1. The lowest BCUT2D eigenvalue weighted by atomic mass is 10.2. The topological polar surface area (TPSA) is 82.3 Å². The first-order chi connectivity index (χ1) is 7.88. The van der Waals surface area contributed by atoms with Crippen LogP contribution in [0, 0.1) is 13.7 Å². The minimum atomic E-state index is -3.04. The van der Waals surface area contributed by atoms with Gasteiger partial charge in [-0.2, -0.15) is 0 Å². The van der Waals surface area contributed by atoms with Gasteiger partial charge in [0.05, 0.1) is 10.7 Å². The van der Waals surface area contributed by atoms with Gasteiger partial charge in [0.25, 0.3) is 12.1 Å². The second-order valence-corrected chi connectivity index (χ2v) is 3.94. The molecule has 0 spiro atoms. The van der Waals surface area contributed by atoms with Crippen molar-refractivity contribution in [3.8, 4) is 0 Å². The summed E-state index contributed by atoms with van der Waals surface area (Å²) in [6, 6.07) is 0.850. The number of rotatable bonds is 3. The quantitative estimate of drug-likeness (QED) is 0.359. The minimum absolute atomic E-state index is 0.0651. The number of halogens is 3. The van der Waals surface area contributed by atoms with E-state index >= 15 is 0 Å². The number of hydrogen-bond donors (Lipinski definition) is 0. The molecular formula is C8H5F2IN2O4. The second-order valence-electron chi connectivity index (χ2n) is 2.78. The zero-order chi connectivity index (χ0) is 13.2. The Bertz CT molecular complexity index is 481. The summed E-state index contributed by atoms with van der Waals surface area (Å²) >= 11 is 1.58. The number of alkyl halides is 2. The van der Waals surface area contributed by atoms with Gasteiger partial charge < -0.3 is 14.9 Å². The maximum absolute atomic E-state index is 12.5. The van der Waals surface area contributed by atoms with Crippen molar-refractivity contribution in [2.45, 2.75) is 6.43 Å². The molecule has 1 rings (SSSR count). The van der Waals surface area contributed by atoms with Gasteiger partial charge >= 0.3 is 11.8 Å². The summed E-state index contributed by atoms with van der Waals surface area (Å²) in [6.07, 6.45) is -3.04. The SMILES string of the molecule is COC(=O)c1nc([N+](=O)[O-])c(C(F)F)cc1I. The second kappa shape index (κ2) is 5.29. The van der Waals surface area contributed by atoms with Crippen LogP contribution in [0.25, 0.3) is 0 Å². The number of ether oxygens (including phenoxy) is 1. The van der Waals surface area contributed by atoms with Crippen LogP contribution >= 0.6 is 22.6 Å². The molecule has 0 aliphatic carbocycles. The highest BCUT2D eigenvalue weighted by atomic mass is 127. The summed E-state index contributed by atoms with van der Waals surface area (Å²) in [5.74, 6) is -1.96. The van der Waals surface area contributed by atoms with Crippen LogP contribution in [0.2, 0.25) is 0 Å². The van der Waals surface area contributed by atoms with E-state index in [1.807, 2.05) is 0 Å². The Morgan fingerprint density at radius 2 is 2.24 bits per heavy atom. The van der Waals surface area contributed by atoms with Crippen molar-refractivity contribution in [2.24, 2.45) is 0 Å². The molecule has 6 nitrogen and oxygen atoms in total. The molecule has 0 aromatic carbocycles. The molecule has 0 unspecified atom stereocenters. The molecule has 1 heterocycles. The van der Waals surface area contributed by atoms with E-state index < -0.39 is 28.7 Å². The maximum atomic E-state index is 12.5. The van der Waals surface area contributed by atoms with Crippen LogP contribution in [-0.4, -0.2) is 23.0 Å². The van der Waals surface area contributed by atoms with Crippen LogP contribution in [-0.2, 0) is 4.74 Å². The fourth-order valence-corrected chi connectivity index (χ4v) is 1.72. The molecule has 1 aromatic rings. The molecule has 0 bridgehead atoms. The largest absolute Gasteiger partial charge is 0.463 e. The molecule has 0 saturated heterocycles. The first kappa shape index (κ1) is 13.7. The average molecular weight is 358 g/mol. The lowest BCUT2D eigenvalue weighted by Gasteiger charge is -2.04. The lowest BCUT2D eigenvalue weighted by Crippen LogP contribution is -2.11. The molecule has 0 aliphatic heterocycles. The Kier molecular flexibility index (Phi) is 4.26. The van der Waals surface area contributed by atoms with Crippen LogP contribution in [0.5, 0.6) is 0 Å². The number of carbonyl (C=O) groups excluding carboxylic acids is 1. The van der Waals surface area contributed by atoms with E-state index in [1.54, 1.807) is 22.6 Å². The molecule has 0 atom stereocenters. The number of aromatic nitrogens is 1. The highest BCUT2D eigenvalue weighted by molar-refractivity contribution is 14.1. The highest BCUT2D eigenvalue weighted by Crippen LogP contribution is 2.29. The van der Waals surface area contributed by atoms with Gasteiger partial charge in [-0.25, -0.2) is 13.6 Å². The normalized spacial score (nSPS) is 10.4. The third-order valence-electron chi connectivity index (χ3n) is 1.77. The minimum Gasteiger partial charge on any atom is -0.463 e. The van der Waals surface area contributed by atoms with E-state index in [0.717, 1.165) is 13.2 Å². The molecule has 0 aliphatic rings.